The Hall–Kier alpha value is -3.62. The second kappa shape index (κ2) is 12.8. The molecule has 8 nitrogen and oxygen atoms in total. The van der Waals surface area contributed by atoms with Crippen LogP contribution in [-0.2, 0) is 11.8 Å². The monoisotopic (exact) mass is 534 g/mol. The molecule has 0 atom stereocenters. The molecule has 9 heteroatoms. The van der Waals surface area contributed by atoms with Gasteiger partial charge >= 0.3 is 0 Å². The molecule has 200 valence electrons. The number of benzene rings is 2. The standard InChI is InChI=1S/C23H22ClN5O2.C6H13N/c1-14(2)18-10-15(4-6-19(18)24)27-23-28-20-11-16(5-7-21(20)29(23)3)31-17-8-9-25-22(12-17)26-13-30;1-7-5-3-2-4-6-7/h4-14H,1-3H3,(H,27,28)(H,25,26,30);2-6H2,1H3. The number of nitrogens with zero attached hydrogens (tertiary/aromatic N) is 4. The van der Waals surface area contributed by atoms with E-state index in [0.717, 1.165) is 27.3 Å². The van der Waals surface area contributed by atoms with Gasteiger partial charge in [-0.1, -0.05) is 31.9 Å². The molecule has 4 aromatic rings. The van der Waals surface area contributed by atoms with E-state index >= 15 is 0 Å². The highest BCUT2D eigenvalue weighted by Crippen LogP contribution is 2.31. The number of rotatable bonds is 7. The summed E-state index contributed by atoms with van der Waals surface area (Å²) in [4.78, 5) is 21.8. The molecule has 0 spiro atoms. The molecule has 1 saturated heterocycles. The number of anilines is 3. The summed E-state index contributed by atoms with van der Waals surface area (Å²) >= 11 is 6.31. The molecule has 2 aromatic heterocycles. The predicted molar refractivity (Wildman–Crippen MR) is 155 cm³/mol. The molecule has 5 rings (SSSR count). The molecular formula is C29H35ClN6O2. The van der Waals surface area contributed by atoms with E-state index in [0.29, 0.717) is 35.6 Å². The number of halogens is 1. The third-order valence-corrected chi connectivity index (χ3v) is 6.82. The van der Waals surface area contributed by atoms with Crippen molar-refractivity contribution in [3.8, 4) is 11.5 Å². The topological polar surface area (TPSA) is 84.3 Å². The van der Waals surface area contributed by atoms with Crippen LogP contribution in [0.5, 0.6) is 11.5 Å². The molecular weight excluding hydrogens is 500 g/mol. The zero-order valence-corrected chi connectivity index (χ0v) is 23.1. The molecule has 0 aliphatic carbocycles. The van der Waals surface area contributed by atoms with Crippen molar-refractivity contribution in [3.63, 3.8) is 0 Å². The van der Waals surface area contributed by atoms with Gasteiger partial charge in [-0.25, -0.2) is 9.97 Å². The summed E-state index contributed by atoms with van der Waals surface area (Å²) in [6, 6.07) is 15.0. The Morgan fingerprint density at radius 1 is 1.00 bits per heavy atom. The van der Waals surface area contributed by atoms with E-state index in [1.807, 2.05) is 41.9 Å². The maximum absolute atomic E-state index is 10.6. The van der Waals surface area contributed by atoms with Crippen LogP contribution in [0, 0.1) is 0 Å². The fraction of sp³-hybridized carbons (Fsp3) is 0.345. The number of fused-ring (bicyclic) bond motifs is 1. The molecule has 0 radical (unpaired) electrons. The normalized spacial score (nSPS) is 13.6. The summed E-state index contributed by atoms with van der Waals surface area (Å²) in [5, 5.41) is 6.64. The number of carbonyl (C=O) groups is 1. The lowest BCUT2D eigenvalue weighted by molar-refractivity contribution is -0.105. The Balaban J connectivity index is 0.000000417. The predicted octanol–water partition coefficient (Wildman–Crippen LogP) is 6.95. The van der Waals surface area contributed by atoms with Crippen molar-refractivity contribution in [2.45, 2.75) is 39.0 Å². The van der Waals surface area contributed by atoms with Crippen LogP contribution in [-0.4, -0.2) is 46.0 Å². The van der Waals surface area contributed by atoms with Crippen LogP contribution in [0.15, 0.2) is 54.7 Å². The van der Waals surface area contributed by atoms with E-state index in [2.05, 4.69) is 47.5 Å². The summed E-state index contributed by atoms with van der Waals surface area (Å²) in [6.45, 7) is 6.87. The average molecular weight is 535 g/mol. The van der Waals surface area contributed by atoms with Gasteiger partial charge in [0.1, 0.15) is 17.3 Å². The number of aryl methyl sites for hydroxylation is 1. The van der Waals surface area contributed by atoms with Crippen LogP contribution in [0.1, 0.15) is 44.6 Å². The minimum atomic E-state index is 0.324. The summed E-state index contributed by atoms with van der Waals surface area (Å²) in [5.74, 6) is 2.65. The average Bonchev–Trinajstić information content (AvgIpc) is 3.20. The number of piperidine rings is 1. The third kappa shape index (κ3) is 7.02. The Kier molecular flexibility index (Phi) is 9.20. The Labute approximate surface area is 229 Å². The lowest BCUT2D eigenvalue weighted by Crippen LogP contribution is -2.24. The molecule has 1 fully saturated rings. The summed E-state index contributed by atoms with van der Waals surface area (Å²) in [5.41, 5.74) is 3.77. The summed E-state index contributed by atoms with van der Waals surface area (Å²) in [6.07, 6.45) is 6.42. The van der Waals surface area contributed by atoms with Crippen LogP contribution in [0.3, 0.4) is 0 Å². The zero-order valence-electron chi connectivity index (χ0n) is 22.4. The first-order valence-electron chi connectivity index (χ1n) is 12.9. The maximum Gasteiger partial charge on any atom is 0.212 e. The molecule has 38 heavy (non-hydrogen) atoms. The van der Waals surface area contributed by atoms with Crippen molar-refractivity contribution in [2.24, 2.45) is 7.05 Å². The van der Waals surface area contributed by atoms with Crippen LogP contribution >= 0.6 is 11.6 Å². The number of ether oxygens (including phenoxy) is 1. The first-order valence-corrected chi connectivity index (χ1v) is 13.3. The van der Waals surface area contributed by atoms with E-state index in [9.17, 15) is 4.79 Å². The Morgan fingerprint density at radius 3 is 2.45 bits per heavy atom. The van der Waals surface area contributed by atoms with Crippen molar-refractivity contribution >= 4 is 46.5 Å². The highest BCUT2D eigenvalue weighted by molar-refractivity contribution is 6.31. The highest BCUT2D eigenvalue weighted by atomic mass is 35.5. The Morgan fingerprint density at radius 2 is 1.76 bits per heavy atom. The minimum absolute atomic E-state index is 0.324. The number of imidazole rings is 1. The first kappa shape index (κ1) is 27.4. The number of hydrogen-bond donors (Lipinski definition) is 2. The van der Waals surface area contributed by atoms with E-state index in [-0.39, 0.29) is 0 Å². The van der Waals surface area contributed by atoms with Gasteiger partial charge < -0.3 is 24.8 Å². The number of carbonyl (C=O) groups excluding carboxylic acids is 1. The fourth-order valence-electron chi connectivity index (χ4n) is 4.35. The van der Waals surface area contributed by atoms with E-state index in [1.54, 1.807) is 18.3 Å². The zero-order chi connectivity index (χ0) is 27.1. The Bertz CT molecular complexity index is 1380. The smallest absolute Gasteiger partial charge is 0.212 e. The minimum Gasteiger partial charge on any atom is -0.457 e. The van der Waals surface area contributed by atoms with Gasteiger partial charge in [-0.2, -0.15) is 0 Å². The largest absolute Gasteiger partial charge is 0.457 e. The molecule has 3 heterocycles. The number of likely N-dealkylation sites (tertiary alicyclic amines) is 1. The lowest BCUT2D eigenvalue weighted by atomic mass is 10.0. The van der Waals surface area contributed by atoms with E-state index in [4.69, 9.17) is 21.3 Å². The van der Waals surface area contributed by atoms with Crippen LogP contribution in [0.25, 0.3) is 11.0 Å². The summed E-state index contributed by atoms with van der Waals surface area (Å²) in [7, 11) is 4.15. The van der Waals surface area contributed by atoms with E-state index in [1.165, 1.54) is 32.4 Å². The quantitative estimate of drug-likeness (QED) is 0.249. The number of nitrogens with one attached hydrogen (secondary N) is 2. The number of amides is 1. The molecule has 0 bridgehead atoms. The molecule has 1 aliphatic heterocycles. The van der Waals surface area contributed by atoms with Crippen molar-refractivity contribution in [3.05, 3.63) is 65.3 Å². The van der Waals surface area contributed by atoms with Gasteiger partial charge in [-0.05, 0) is 80.9 Å². The molecule has 2 aromatic carbocycles. The van der Waals surface area contributed by atoms with E-state index < -0.39 is 0 Å². The van der Waals surface area contributed by atoms with Crippen LogP contribution in [0.2, 0.25) is 5.02 Å². The number of pyridine rings is 1. The number of hydrogen-bond acceptors (Lipinski definition) is 6. The summed E-state index contributed by atoms with van der Waals surface area (Å²) < 4.78 is 7.90. The first-order chi connectivity index (χ1) is 18.3. The molecule has 1 amide bonds. The highest BCUT2D eigenvalue weighted by Gasteiger charge is 2.12. The van der Waals surface area contributed by atoms with Gasteiger partial charge in [0.2, 0.25) is 12.4 Å². The van der Waals surface area contributed by atoms with Crippen molar-refractivity contribution in [2.75, 3.05) is 30.8 Å². The van der Waals surface area contributed by atoms with Gasteiger partial charge in [0.25, 0.3) is 0 Å². The van der Waals surface area contributed by atoms with Gasteiger partial charge in [-0.3, -0.25) is 4.79 Å². The van der Waals surface area contributed by atoms with Gasteiger partial charge in [0.15, 0.2) is 0 Å². The van der Waals surface area contributed by atoms with Crippen molar-refractivity contribution in [1.82, 2.24) is 19.4 Å². The van der Waals surface area contributed by atoms with Crippen molar-refractivity contribution in [1.29, 1.82) is 0 Å². The number of aromatic nitrogens is 3. The van der Waals surface area contributed by atoms with Crippen molar-refractivity contribution < 1.29 is 9.53 Å². The SMILES string of the molecule is CC(C)c1cc(Nc2nc3cc(Oc4ccnc(NC=O)c4)ccc3n2C)ccc1Cl.CN1CCCCC1. The molecule has 1 aliphatic rings. The third-order valence-electron chi connectivity index (χ3n) is 6.48. The van der Waals surface area contributed by atoms with Gasteiger partial charge in [-0.15, -0.1) is 0 Å². The van der Waals surface area contributed by atoms with Gasteiger partial charge in [0.05, 0.1) is 11.0 Å². The molecule has 0 saturated carbocycles. The molecule has 2 N–H and O–H groups in total. The second-order valence-corrected chi connectivity index (χ2v) is 10.2. The molecule has 0 unspecified atom stereocenters. The lowest BCUT2D eigenvalue weighted by Gasteiger charge is -2.20. The second-order valence-electron chi connectivity index (χ2n) is 9.77. The fourth-order valence-corrected chi connectivity index (χ4v) is 4.69. The maximum atomic E-state index is 10.6. The van der Waals surface area contributed by atoms with Gasteiger partial charge in [0, 0.05) is 36.1 Å². The van der Waals surface area contributed by atoms with Crippen LogP contribution < -0.4 is 15.4 Å². The van der Waals surface area contributed by atoms with Crippen LogP contribution in [0.4, 0.5) is 17.5 Å².